The van der Waals surface area contributed by atoms with Gasteiger partial charge in [-0.1, -0.05) is 43.7 Å². The van der Waals surface area contributed by atoms with Crippen LogP contribution in [0.1, 0.15) is 25.3 Å². The Morgan fingerprint density at radius 2 is 1.94 bits per heavy atom. The maximum atomic E-state index is 9.56. The van der Waals surface area contributed by atoms with Gasteiger partial charge in [-0.25, -0.2) is 0 Å². The van der Waals surface area contributed by atoms with E-state index in [1.165, 1.54) is 6.42 Å². The number of aliphatic hydroxyl groups excluding tert-OH is 1. The van der Waals surface area contributed by atoms with Crippen LogP contribution < -0.4 is 5.73 Å². The number of likely N-dealkylation sites (N-methyl/N-ethyl adjacent to an activating group) is 1. The zero-order valence-corrected chi connectivity index (χ0v) is 10.9. The number of benzene rings is 1. The lowest BCUT2D eigenvalue weighted by Gasteiger charge is -2.32. The van der Waals surface area contributed by atoms with Gasteiger partial charge in [-0.05, 0) is 25.6 Å². The van der Waals surface area contributed by atoms with Crippen molar-refractivity contribution < 1.29 is 5.11 Å². The van der Waals surface area contributed by atoms with E-state index in [0.717, 1.165) is 18.5 Å². The highest BCUT2D eigenvalue weighted by Crippen LogP contribution is 2.18. The summed E-state index contributed by atoms with van der Waals surface area (Å²) in [7, 11) is 2.05. The molecule has 0 aliphatic heterocycles. The third-order valence-electron chi connectivity index (χ3n) is 3.08. The molecular formula is C14H24N2O. The normalized spacial score (nSPS) is 14.9. The highest BCUT2D eigenvalue weighted by atomic mass is 16.3. The first-order chi connectivity index (χ1) is 8.12. The molecule has 0 saturated carbocycles. The Kier molecular flexibility index (Phi) is 5.62. The molecule has 1 unspecified atom stereocenters. The quantitative estimate of drug-likeness (QED) is 0.755. The molecule has 0 aliphatic rings. The highest BCUT2D eigenvalue weighted by Gasteiger charge is 2.27. The van der Waals surface area contributed by atoms with E-state index in [1.54, 1.807) is 0 Å². The van der Waals surface area contributed by atoms with E-state index in [4.69, 9.17) is 5.73 Å². The largest absolute Gasteiger partial charge is 0.394 e. The second kappa shape index (κ2) is 6.74. The van der Waals surface area contributed by atoms with Gasteiger partial charge in [0.2, 0.25) is 0 Å². The molecule has 1 atom stereocenters. The monoisotopic (exact) mass is 236 g/mol. The molecule has 0 heterocycles. The molecule has 96 valence electrons. The lowest BCUT2D eigenvalue weighted by molar-refractivity contribution is 0.149. The molecule has 1 rings (SSSR count). The van der Waals surface area contributed by atoms with Gasteiger partial charge in [0.05, 0.1) is 12.1 Å². The molecule has 0 saturated heterocycles. The third-order valence-corrected chi connectivity index (χ3v) is 3.08. The Morgan fingerprint density at radius 3 is 2.47 bits per heavy atom. The molecule has 0 spiro atoms. The van der Waals surface area contributed by atoms with Crippen molar-refractivity contribution in [2.45, 2.75) is 25.3 Å². The maximum Gasteiger partial charge on any atom is 0.0772 e. The Hall–Kier alpha value is -0.900. The van der Waals surface area contributed by atoms with Crippen LogP contribution in [0.15, 0.2) is 30.3 Å². The van der Waals surface area contributed by atoms with Crippen LogP contribution in [0.5, 0.6) is 0 Å². The molecular weight excluding hydrogens is 212 g/mol. The first-order valence-electron chi connectivity index (χ1n) is 6.26. The number of nitrogens with two attached hydrogens (primary N) is 1. The van der Waals surface area contributed by atoms with Crippen LogP contribution in [0.2, 0.25) is 0 Å². The minimum atomic E-state index is -0.663. The summed E-state index contributed by atoms with van der Waals surface area (Å²) < 4.78 is 0. The zero-order valence-electron chi connectivity index (χ0n) is 10.9. The second-order valence-corrected chi connectivity index (χ2v) is 4.77. The van der Waals surface area contributed by atoms with Gasteiger partial charge >= 0.3 is 0 Å². The molecule has 0 aliphatic carbocycles. The van der Waals surface area contributed by atoms with Crippen molar-refractivity contribution in [2.24, 2.45) is 5.73 Å². The zero-order chi connectivity index (χ0) is 12.7. The SMILES string of the molecule is CCCCN(C)CC(N)(CO)c1ccccc1. The van der Waals surface area contributed by atoms with Crippen molar-refractivity contribution in [1.29, 1.82) is 0 Å². The Labute approximate surface area is 104 Å². The van der Waals surface area contributed by atoms with Crippen molar-refractivity contribution in [2.75, 3.05) is 26.7 Å². The van der Waals surface area contributed by atoms with E-state index < -0.39 is 5.54 Å². The van der Waals surface area contributed by atoms with Crippen LogP contribution >= 0.6 is 0 Å². The minimum absolute atomic E-state index is 0.0342. The number of hydrogen-bond donors (Lipinski definition) is 2. The molecule has 0 amide bonds. The van der Waals surface area contributed by atoms with Gasteiger partial charge in [0.25, 0.3) is 0 Å². The number of nitrogens with zero attached hydrogens (tertiary/aromatic N) is 1. The average Bonchev–Trinajstić information content (AvgIpc) is 2.37. The summed E-state index contributed by atoms with van der Waals surface area (Å²) in [6.07, 6.45) is 2.33. The third kappa shape index (κ3) is 4.11. The van der Waals surface area contributed by atoms with Crippen molar-refractivity contribution >= 4 is 0 Å². The van der Waals surface area contributed by atoms with Crippen LogP contribution in [0.3, 0.4) is 0 Å². The fourth-order valence-electron chi connectivity index (χ4n) is 1.99. The predicted molar refractivity (Wildman–Crippen MR) is 71.8 cm³/mol. The fourth-order valence-corrected chi connectivity index (χ4v) is 1.99. The highest BCUT2D eigenvalue weighted by molar-refractivity contribution is 5.24. The van der Waals surface area contributed by atoms with Crippen LogP contribution in [0.4, 0.5) is 0 Å². The van der Waals surface area contributed by atoms with E-state index in [1.807, 2.05) is 30.3 Å². The van der Waals surface area contributed by atoms with Gasteiger partial charge in [-0.2, -0.15) is 0 Å². The van der Waals surface area contributed by atoms with Crippen LogP contribution in [-0.2, 0) is 5.54 Å². The summed E-state index contributed by atoms with van der Waals surface area (Å²) in [5.41, 5.74) is 6.63. The predicted octanol–water partition coefficient (Wildman–Crippen LogP) is 1.56. The summed E-state index contributed by atoms with van der Waals surface area (Å²) in [5, 5.41) is 9.56. The van der Waals surface area contributed by atoms with Crippen LogP contribution in [0, 0.1) is 0 Å². The van der Waals surface area contributed by atoms with Gasteiger partial charge in [0, 0.05) is 6.54 Å². The topological polar surface area (TPSA) is 49.5 Å². The number of unbranched alkanes of at least 4 members (excludes halogenated alkanes) is 1. The van der Waals surface area contributed by atoms with Gasteiger partial charge < -0.3 is 15.7 Å². The molecule has 3 N–H and O–H groups in total. The van der Waals surface area contributed by atoms with Crippen molar-refractivity contribution in [1.82, 2.24) is 4.90 Å². The molecule has 1 aromatic rings. The van der Waals surface area contributed by atoms with Gasteiger partial charge in [0.15, 0.2) is 0 Å². The lowest BCUT2D eigenvalue weighted by Crippen LogP contribution is -2.49. The standard InChI is InChI=1S/C14H24N2O/c1-3-4-10-16(2)11-14(15,12-17)13-8-6-5-7-9-13/h5-9,17H,3-4,10-12,15H2,1-2H3. The lowest BCUT2D eigenvalue weighted by atomic mass is 9.91. The average molecular weight is 236 g/mol. The van der Waals surface area contributed by atoms with E-state index in [2.05, 4.69) is 18.9 Å². The van der Waals surface area contributed by atoms with E-state index in [-0.39, 0.29) is 6.61 Å². The summed E-state index contributed by atoms with van der Waals surface area (Å²) >= 11 is 0. The molecule has 3 heteroatoms. The van der Waals surface area contributed by atoms with Gasteiger partial charge in [0.1, 0.15) is 0 Å². The second-order valence-electron chi connectivity index (χ2n) is 4.77. The molecule has 1 aromatic carbocycles. The first kappa shape index (κ1) is 14.2. The Morgan fingerprint density at radius 1 is 1.29 bits per heavy atom. The van der Waals surface area contributed by atoms with Crippen LogP contribution in [0.25, 0.3) is 0 Å². The smallest absolute Gasteiger partial charge is 0.0772 e. The minimum Gasteiger partial charge on any atom is -0.394 e. The number of aliphatic hydroxyl groups is 1. The maximum absolute atomic E-state index is 9.56. The van der Waals surface area contributed by atoms with Crippen LogP contribution in [-0.4, -0.2) is 36.8 Å². The molecule has 3 nitrogen and oxygen atoms in total. The molecule has 0 radical (unpaired) electrons. The molecule has 17 heavy (non-hydrogen) atoms. The molecule has 0 aromatic heterocycles. The van der Waals surface area contributed by atoms with Crippen molar-refractivity contribution in [3.8, 4) is 0 Å². The molecule has 0 bridgehead atoms. The molecule has 0 fully saturated rings. The van der Waals surface area contributed by atoms with Gasteiger partial charge in [-0.3, -0.25) is 0 Å². The summed E-state index contributed by atoms with van der Waals surface area (Å²) in [6, 6.07) is 9.83. The van der Waals surface area contributed by atoms with E-state index >= 15 is 0 Å². The Balaban J connectivity index is 2.69. The first-order valence-corrected chi connectivity index (χ1v) is 6.26. The van der Waals surface area contributed by atoms with E-state index in [0.29, 0.717) is 6.54 Å². The Bertz CT molecular complexity index is 315. The van der Waals surface area contributed by atoms with Crippen molar-refractivity contribution in [3.05, 3.63) is 35.9 Å². The fraction of sp³-hybridized carbons (Fsp3) is 0.571. The number of hydrogen-bond acceptors (Lipinski definition) is 3. The summed E-state index contributed by atoms with van der Waals surface area (Å²) in [4.78, 5) is 2.19. The summed E-state index contributed by atoms with van der Waals surface area (Å²) in [6.45, 7) is 3.83. The summed E-state index contributed by atoms with van der Waals surface area (Å²) in [5.74, 6) is 0. The van der Waals surface area contributed by atoms with Crippen molar-refractivity contribution in [3.63, 3.8) is 0 Å². The van der Waals surface area contributed by atoms with E-state index in [9.17, 15) is 5.11 Å². The van der Waals surface area contributed by atoms with Gasteiger partial charge in [-0.15, -0.1) is 0 Å². The number of rotatable bonds is 7.